The SMILES string of the molecule is CC(=O)O[C@H]1C(=O)[C@@]2(C)C([C@H](OC(=O)C=C(C)C)[C@]3(O)C[C@H](OC(=O)[C@H](O)[C@@H](NC(=O)OC(C)(C)C)c4ccccc4)C(C)=C1C3(C)C)[C@]1(OC(C)=O)CO[C@@H]1C[C@@H]2O. The smallest absolute Gasteiger partial charge is 0.408 e. The number of alkyl carbamates (subject to hydrolysis) is 1. The summed E-state index contributed by atoms with van der Waals surface area (Å²) in [5.74, 6) is -6.25. The molecule has 2 saturated carbocycles. The third kappa shape index (κ3) is 8.16. The molecule has 1 unspecified atom stereocenters. The van der Waals surface area contributed by atoms with E-state index in [1.165, 1.54) is 19.9 Å². The Morgan fingerprint density at radius 3 is 2.12 bits per heavy atom. The number of hydrogen-bond donors (Lipinski definition) is 4. The molecule has 1 aromatic rings. The number of carbonyl (C=O) groups excluding carboxylic acids is 6. The molecule has 1 amide bonds. The van der Waals surface area contributed by atoms with Gasteiger partial charge < -0.3 is 49.1 Å². The molecule has 3 aliphatic carbocycles. The van der Waals surface area contributed by atoms with Crippen LogP contribution in [0.3, 0.4) is 0 Å². The molecular weight excluding hydrogens is 770 g/mol. The molecule has 1 aromatic carbocycles. The van der Waals surface area contributed by atoms with Gasteiger partial charge in [0.2, 0.25) is 0 Å². The minimum absolute atomic E-state index is 0.00566. The van der Waals surface area contributed by atoms with E-state index in [9.17, 15) is 39.3 Å². The van der Waals surface area contributed by atoms with Gasteiger partial charge in [-0.15, -0.1) is 0 Å². The number of aliphatic hydroxyl groups excluding tert-OH is 2. The lowest BCUT2D eigenvalue weighted by Gasteiger charge is -2.67. The summed E-state index contributed by atoms with van der Waals surface area (Å²) in [6.45, 7) is 16.1. The predicted molar refractivity (Wildman–Crippen MR) is 207 cm³/mol. The maximum Gasteiger partial charge on any atom is 0.408 e. The minimum atomic E-state index is -2.37. The number of aliphatic hydroxyl groups is 3. The van der Waals surface area contributed by atoms with Gasteiger partial charge in [-0.3, -0.25) is 14.4 Å². The number of nitrogens with one attached hydrogen (secondary N) is 1. The Bertz CT molecular complexity index is 1930. The first-order valence-electron chi connectivity index (χ1n) is 19.6. The van der Waals surface area contributed by atoms with E-state index in [0.717, 1.165) is 13.8 Å². The van der Waals surface area contributed by atoms with Crippen LogP contribution in [0.5, 0.6) is 0 Å². The van der Waals surface area contributed by atoms with Gasteiger partial charge in [0.25, 0.3) is 0 Å². The lowest BCUT2D eigenvalue weighted by atomic mass is 9.44. The third-order valence-electron chi connectivity index (χ3n) is 12.2. The standard InChI is InChI=1S/C43H57NO15/c1-21(2)17-29(48)57-36-34-41(11,27(47)18-28-42(34,20-54-28)58-24(5)46)35(50)33(55-23(4)45)30-22(3)26(19-43(36,53)40(30,9)10)56-37(51)32(49)31(25-15-13-12-14-16-25)44-38(52)59-39(6,7)8/h12-17,26-28,31-34,36,47,49,53H,18-20H2,1-11H3,(H,44,52)/t26-,27-,28+,31-,32+,33+,34?,36-,41+,42-,43+/m0/s1. The van der Waals surface area contributed by atoms with Crippen molar-refractivity contribution in [1.82, 2.24) is 5.32 Å². The van der Waals surface area contributed by atoms with Crippen molar-refractivity contribution >= 4 is 35.8 Å². The van der Waals surface area contributed by atoms with Crippen LogP contribution in [-0.2, 0) is 52.4 Å². The van der Waals surface area contributed by atoms with Gasteiger partial charge in [0.1, 0.15) is 29.5 Å². The molecule has 3 fully saturated rings. The van der Waals surface area contributed by atoms with Crippen LogP contribution < -0.4 is 5.32 Å². The Balaban J connectivity index is 1.72. The number of ketones is 1. The van der Waals surface area contributed by atoms with Crippen LogP contribution in [0.25, 0.3) is 0 Å². The molecule has 1 heterocycles. The molecule has 2 bridgehead atoms. The van der Waals surface area contributed by atoms with Gasteiger partial charge in [0.05, 0.1) is 30.1 Å². The quantitative estimate of drug-likeness (QED) is 0.121. The van der Waals surface area contributed by atoms with E-state index in [4.69, 9.17) is 28.4 Å². The highest BCUT2D eigenvalue weighted by Gasteiger charge is 2.78. The first kappa shape index (κ1) is 45.4. The highest BCUT2D eigenvalue weighted by molar-refractivity contribution is 5.95. The zero-order valence-electron chi connectivity index (χ0n) is 35.4. The highest BCUT2D eigenvalue weighted by Crippen LogP contribution is 2.64. The topological polar surface area (TPSA) is 231 Å². The van der Waals surface area contributed by atoms with Crippen LogP contribution in [0.4, 0.5) is 4.79 Å². The fourth-order valence-electron chi connectivity index (χ4n) is 9.44. The summed E-state index contributed by atoms with van der Waals surface area (Å²) >= 11 is 0. The summed E-state index contributed by atoms with van der Waals surface area (Å²) in [5.41, 5.74) is -7.72. The second-order valence-electron chi connectivity index (χ2n) is 18.0. The van der Waals surface area contributed by atoms with E-state index >= 15 is 4.79 Å². The fraction of sp³-hybridized carbons (Fsp3) is 0.628. The summed E-state index contributed by atoms with van der Waals surface area (Å²) in [6.07, 6.45) is -10.2. The van der Waals surface area contributed by atoms with Crippen LogP contribution >= 0.6 is 0 Å². The normalized spacial score (nSPS) is 33.2. The number of allylic oxidation sites excluding steroid dienone is 1. The Labute approximate surface area is 343 Å². The van der Waals surface area contributed by atoms with Crippen molar-refractivity contribution in [2.75, 3.05) is 6.61 Å². The molecule has 324 valence electrons. The van der Waals surface area contributed by atoms with Crippen LogP contribution in [0, 0.1) is 16.7 Å². The van der Waals surface area contributed by atoms with Crippen molar-refractivity contribution in [2.24, 2.45) is 16.7 Å². The fourth-order valence-corrected chi connectivity index (χ4v) is 9.44. The molecule has 16 nitrogen and oxygen atoms in total. The molecule has 0 spiro atoms. The second kappa shape index (κ2) is 16.1. The largest absolute Gasteiger partial charge is 0.456 e. The molecule has 0 radical (unpaired) electrons. The third-order valence-corrected chi connectivity index (χ3v) is 12.2. The number of rotatable bonds is 9. The molecule has 4 aliphatic rings. The van der Waals surface area contributed by atoms with E-state index < -0.39 is 118 Å². The van der Waals surface area contributed by atoms with Crippen molar-refractivity contribution in [3.05, 3.63) is 58.7 Å². The zero-order chi connectivity index (χ0) is 44.2. The summed E-state index contributed by atoms with van der Waals surface area (Å²) in [5, 5.41) is 39.6. The number of hydrogen-bond acceptors (Lipinski definition) is 15. The number of carbonyl (C=O) groups is 6. The molecule has 11 atom stereocenters. The van der Waals surface area contributed by atoms with Crippen molar-refractivity contribution in [1.29, 1.82) is 0 Å². The number of Topliss-reactive ketones (excluding diaryl/α,β-unsaturated/α-hetero) is 1. The van der Waals surface area contributed by atoms with Gasteiger partial charge in [0, 0.05) is 38.2 Å². The molecule has 0 aromatic heterocycles. The van der Waals surface area contributed by atoms with E-state index in [1.807, 2.05) is 0 Å². The molecular formula is C43H57NO15. The van der Waals surface area contributed by atoms with E-state index in [-0.39, 0.29) is 24.2 Å². The molecule has 4 N–H and O–H groups in total. The van der Waals surface area contributed by atoms with Crippen molar-refractivity contribution in [2.45, 2.75) is 148 Å². The first-order chi connectivity index (χ1) is 27.2. The number of ether oxygens (including phenoxy) is 6. The number of benzene rings is 1. The summed E-state index contributed by atoms with van der Waals surface area (Å²) in [6, 6.07) is 6.72. The Hall–Kier alpha value is -4.64. The second-order valence-corrected chi connectivity index (χ2v) is 18.0. The molecule has 5 rings (SSSR count). The van der Waals surface area contributed by atoms with Gasteiger partial charge in [-0.2, -0.15) is 0 Å². The molecule has 59 heavy (non-hydrogen) atoms. The molecule has 16 heteroatoms. The number of esters is 4. The van der Waals surface area contributed by atoms with E-state index in [0.29, 0.717) is 11.1 Å². The summed E-state index contributed by atoms with van der Waals surface area (Å²) < 4.78 is 35.3. The highest BCUT2D eigenvalue weighted by atomic mass is 16.6. The van der Waals surface area contributed by atoms with Crippen molar-refractivity contribution < 1.29 is 72.5 Å². The summed E-state index contributed by atoms with van der Waals surface area (Å²) in [7, 11) is 0. The van der Waals surface area contributed by atoms with Crippen molar-refractivity contribution in [3.63, 3.8) is 0 Å². The lowest BCUT2D eigenvalue weighted by molar-refractivity contribution is -0.347. The molecule has 1 aliphatic heterocycles. The average molecular weight is 828 g/mol. The van der Waals surface area contributed by atoms with Gasteiger partial charge >= 0.3 is 30.0 Å². The Morgan fingerprint density at radius 2 is 1.59 bits per heavy atom. The number of fused-ring (bicyclic) bond motifs is 5. The van der Waals surface area contributed by atoms with Gasteiger partial charge in [-0.25, -0.2) is 14.4 Å². The van der Waals surface area contributed by atoms with Gasteiger partial charge in [-0.1, -0.05) is 49.8 Å². The maximum atomic E-state index is 15.3. The Morgan fingerprint density at radius 1 is 0.966 bits per heavy atom. The van der Waals surface area contributed by atoms with Gasteiger partial charge in [-0.05, 0) is 65.2 Å². The van der Waals surface area contributed by atoms with Gasteiger partial charge in [0.15, 0.2) is 23.6 Å². The monoisotopic (exact) mass is 827 g/mol. The predicted octanol–water partition coefficient (Wildman–Crippen LogP) is 3.48. The maximum absolute atomic E-state index is 15.3. The lowest BCUT2D eigenvalue weighted by Crippen LogP contribution is -2.82. The first-order valence-corrected chi connectivity index (χ1v) is 19.6. The van der Waals surface area contributed by atoms with E-state index in [1.54, 1.807) is 78.8 Å². The summed E-state index contributed by atoms with van der Waals surface area (Å²) in [4.78, 5) is 82.0. The van der Waals surface area contributed by atoms with E-state index in [2.05, 4.69) is 5.32 Å². The van der Waals surface area contributed by atoms with Crippen LogP contribution in [0.15, 0.2) is 53.1 Å². The van der Waals surface area contributed by atoms with Crippen LogP contribution in [0.2, 0.25) is 0 Å². The minimum Gasteiger partial charge on any atom is -0.456 e. The van der Waals surface area contributed by atoms with Crippen LogP contribution in [-0.4, -0.2) is 111 Å². The zero-order valence-corrected chi connectivity index (χ0v) is 35.4. The van der Waals surface area contributed by atoms with Crippen LogP contribution in [0.1, 0.15) is 101 Å². The average Bonchev–Trinajstić information content (AvgIpc) is 3.10. The van der Waals surface area contributed by atoms with Crippen molar-refractivity contribution in [3.8, 4) is 0 Å². The Kier molecular flexibility index (Phi) is 12.4. The molecule has 1 saturated heterocycles. The number of amides is 1.